The molecule has 1 saturated carbocycles. The Bertz CT molecular complexity index is 451. The van der Waals surface area contributed by atoms with Crippen LogP contribution in [0.1, 0.15) is 19.3 Å². The van der Waals surface area contributed by atoms with Crippen molar-refractivity contribution in [1.29, 1.82) is 0 Å². The summed E-state index contributed by atoms with van der Waals surface area (Å²) in [4.78, 5) is 1.23. The van der Waals surface area contributed by atoms with Crippen molar-refractivity contribution in [2.75, 3.05) is 13.2 Å². The Hall–Kier alpha value is -0.0700. The Morgan fingerprint density at radius 1 is 1.26 bits per heavy atom. The molecule has 1 heterocycles. The SMILES string of the molecule is NC1CCC2(CC1Sc1ccccc1Br)OCCO2. The molecule has 1 aromatic rings. The molecular formula is C14H18BrNO2S. The lowest BCUT2D eigenvalue weighted by atomic mass is 9.90. The highest BCUT2D eigenvalue weighted by molar-refractivity contribution is 9.10. The molecule has 1 aromatic carbocycles. The Morgan fingerprint density at radius 3 is 2.74 bits per heavy atom. The molecule has 1 aliphatic carbocycles. The second-order valence-corrected chi connectivity index (χ2v) is 7.24. The van der Waals surface area contributed by atoms with E-state index in [2.05, 4.69) is 34.1 Å². The quantitative estimate of drug-likeness (QED) is 0.895. The van der Waals surface area contributed by atoms with Crippen LogP contribution in [0, 0.1) is 0 Å². The van der Waals surface area contributed by atoms with Crippen molar-refractivity contribution in [1.82, 2.24) is 0 Å². The third-order valence-corrected chi connectivity index (χ3v) is 6.16. The third-order valence-electron chi connectivity index (χ3n) is 3.78. The van der Waals surface area contributed by atoms with Crippen LogP contribution >= 0.6 is 27.7 Å². The maximum atomic E-state index is 6.28. The molecule has 19 heavy (non-hydrogen) atoms. The molecular weight excluding hydrogens is 326 g/mol. The third kappa shape index (κ3) is 3.00. The van der Waals surface area contributed by atoms with Crippen molar-refractivity contribution in [3.05, 3.63) is 28.7 Å². The van der Waals surface area contributed by atoms with E-state index in [1.807, 2.05) is 17.8 Å². The zero-order chi connectivity index (χ0) is 13.3. The van der Waals surface area contributed by atoms with Gasteiger partial charge in [-0.25, -0.2) is 0 Å². The van der Waals surface area contributed by atoms with Crippen molar-refractivity contribution in [2.24, 2.45) is 5.73 Å². The first-order valence-electron chi connectivity index (χ1n) is 6.63. The molecule has 1 aliphatic heterocycles. The number of ether oxygens (including phenoxy) is 2. The van der Waals surface area contributed by atoms with E-state index in [0.717, 1.165) is 23.7 Å². The molecule has 104 valence electrons. The van der Waals surface area contributed by atoms with Crippen LogP contribution in [-0.2, 0) is 9.47 Å². The van der Waals surface area contributed by atoms with E-state index in [0.29, 0.717) is 18.5 Å². The molecule has 0 amide bonds. The lowest BCUT2D eigenvalue weighted by molar-refractivity contribution is -0.176. The molecule has 5 heteroatoms. The number of thioether (sulfide) groups is 1. The molecule has 3 rings (SSSR count). The first-order valence-corrected chi connectivity index (χ1v) is 8.30. The standard InChI is InChI=1S/C14H18BrNO2S/c15-10-3-1-2-4-12(10)19-13-9-14(6-5-11(13)16)17-7-8-18-14/h1-4,11,13H,5-9,16H2. The molecule has 2 unspecified atom stereocenters. The smallest absolute Gasteiger partial charge is 0.169 e. The minimum Gasteiger partial charge on any atom is -0.347 e. The zero-order valence-corrected chi connectivity index (χ0v) is 13.1. The molecule has 2 atom stereocenters. The van der Waals surface area contributed by atoms with Gasteiger partial charge in [-0.05, 0) is 34.5 Å². The van der Waals surface area contributed by atoms with Gasteiger partial charge in [-0.15, -0.1) is 11.8 Å². The molecule has 1 saturated heterocycles. The Balaban J connectivity index is 1.73. The molecule has 2 aliphatic rings. The minimum atomic E-state index is -0.366. The summed E-state index contributed by atoms with van der Waals surface area (Å²) in [7, 11) is 0. The van der Waals surface area contributed by atoms with E-state index in [-0.39, 0.29) is 11.8 Å². The Kier molecular flexibility index (Phi) is 4.19. The van der Waals surface area contributed by atoms with Crippen molar-refractivity contribution < 1.29 is 9.47 Å². The summed E-state index contributed by atoms with van der Waals surface area (Å²) in [6.45, 7) is 1.42. The van der Waals surface area contributed by atoms with Gasteiger partial charge in [0.15, 0.2) is 5.79 Å². The zero-order valence-electron chi connectivity index (χ0n) is 10.7. The summed E-state index contributed by atoms with van der Waals surface area (Å²) in [6.07, 6.45) is 2.75. The number of benzene rings is 1. The Labute approximate surface area is 126 Å². The summed E-state index contributed by atoms with van der Waals surface area (Å²) >= 11 is 5.42. The highest BCUT2D eigenvalue weighted by Crippen LogP contribution is 2.43. The molecule has 0 aromatic heterocycles. The first-order chi connectivity index (χ1) is 9.19. The second-order valence-electron chi connectivity index (χ2n) is 5.10. The molecule has 1 spiro atoms. The van der Waals surface area contributed by atoms with Gasteiger partial charge in [0.2, 0.25) is 0 Å². The molecule has 0 radical (unpaired) electrons. The summed E-state index contributed by atoms with van der Waals surface area (Å²) in [5.41, 5.74) is 6.28. The molecule has 2 fully saturated rings. The van der Waals surface area contributed by atoms with Crippen LogP contribution in [0.4, 0.5) is 0 Å². The largest absolute Gasteiger partial charge is 0.347 e. The predicted molar refractivity (Wildman–Crippen MR) is 80.2 cm³/mol. The summed E-state index contributed by atoms with van der Waals surface area (Å²) < 4.78 is 12.8. The van der Waals surface area contributed by atoms with E-state index in [4.69, 9.17) is 15.2 Å². The van der Waals surface area contributed by atoms with Gasteiger partial charge in [0.1, 0.15) is 0 Å². The van der Waals surface area contributed by atoms with Crippen molar-refractivity contribution >= 4 is 27.7 Å². The molecule has 2 N–H and O–H groups in total. The predicted octanol–water partition coefficient (Wildman–Crippen LogP) is 3.16. The van der Waals surface area contributed by atoms with E-state index in [1.165, 1.54) is 4.90 Å². The summed E-state index contributed by atoms with van der Waals surface area (Å²) in [6, 6.07) is 8.48. The van der Waals surface area contributed by atoms with Crippen LogP contribution in [0.5, 0.6) is 0 Å². The number of hydrogen-bond donors (Lipinski definition) is 1. The van der Waals surface area contributed by atoms with Crippen molar-refractivity contribution in [2.45, 2.75) is 41.2 Å². The molecule has 0 bridgehead atoms. The summed E-state index contributed by atoms with van der Waals surface area (Å²) in [5, 5.41) is 0.338. The number of nitrogens with two attached hydrogens (primary N) is 1. The highest BCUT2D eigenvalue weighted by atomic mass is 79.9. The van der Waals surface area contributed by atoms with Crippen LogP contribution in [-0.4, -0.2) is 30.3 Å². The summed E-state index contributed by atoms with van der Waals surface area (Å²) in [5.74, 6) is -0.366. The van der Waals surface area contributed by atoms with Gasteiger partial charge in [0.05, 0.1) is 13.2 Å². The second kappa shape index (κ2) is 5.74. The van der Waals surface area contributed by atoms with Crippen molar-refractivity contribution in [3.8, 4) is 0 Å². The van der Waals surface area contributed by atoms with E-state index in [1.54, 1.807) is 0 Å². The number of hydrogen-bond acceptors (Lipinski definition) is 4. The average Bonchev–Trinajstić information content (AvgIpc) is 2.85. The maximum Gasteiger partial charge on any atom is 0.169 e. The normalized spacial score (nSPS) is 29.8. The van der Waals surface area contributed by atoms with Gasteiger partial charge in [-0.2, -0.15) is 0 Å². The average molecular weight is 344 g/mol. The van der Waals surface area contributed by atoms with E-state index < -0.39 is 0 Å². The first kappa shape index (κ1) is 13.9. The number of halogens is 1. The van der Waals surface area contributed by atoms with Gasteiger partial charge in [0.25, 0.3) is 0 Å². The van der Waals surface area contributed by atoms with E-state index in [9.17, 15) is 0 Å². The van der Waals surface area contributed by atoms with Gasteiger partial charge in [0, 0.05) is 33.5 Å². The van der Waals surface area contributed by atoms with E-state index >= 15 is 0 Å². The lowest BCUT2D eigenvalue weighted by Gasteiger charge is -2.39. The van der Waals surface area contributed by atoms with Crippen molar-refractivity contribution in [3.63, 3.8) is 0 Å². The van der Waals surface area contributed by atoms with Gasteiger partial charge >= 0.3 is 0 Å². The van der Waals surface area contributed by atoms with Gasteiger partial charge in [-0.3, -0.25) is 0 Å². The lowest BCUT2D eigenvalue weighted by Crippen LogP contribution is -2.47. The van der Waals surface area contributed by atoms with Crippen LogP contribution in [0.2, 0.25) is 0 Å². The van der Waals surface area contributed by atoms with Gasteiger partial charge < -0.3 is 15.2 Å². The van der Waals surface area contributed by atoms with Gasteiger partial charge in [-0.1, -0.05) is 12.1 Å². The fourth-order valence-corrected chi connectivity index (χ4v) is 4.60. The highest BCUT2D eigenvalue weighted by Gasteiger charge is 2.44. The molecule has 3 nitrogen and oxygen atoms in total. The fourth-order valence-electron chi connectivity index (χ4n) is 2.72. The monoisotopic (exact) mass is 343 g/mol. The topological polar surface area (TPSA) is 44.5 Å². The van der Waals surface area contributed by atoms with Crippen LogP contribution in [0.25, 0.3) is 0 Å². The Morgan fingerprint density at radius 2 is 2.00 bits per heavy atom. The van der Waals surface area contributed by atoms with Crippen LogP contribution in [0.15, 0.2) is 33.6 Å². The number of rotatable bonds is 2. The minimum absolute atomic E-state index is 0.204. The van der Waals surface area contributed by atoms with Crippen LogP contribution < -0.4 is 5.73 Å². The van der Waals surface area contributed by atoms with Crippen LogP contribution in [0.3, 0.4) is 0 Å². The fraction of sp³-hybridized carbons (Fsp3) is 0.571. The maximum absolute atomic E-state index is 6.28.